The average Bonchev–Trinajstić information content (AvgIpc) is 2.89. The van der Waals surface area contributed by atoms with Crippen molar-refractivity contribution in [2.24, 2.45) is 5.92 Å². The van der Waals surface area contributed by atoms with Crippen LogP contribution in [0.1, 0.15) is 37.0 Å². The molecule has 1 aromatic carbocycles. The SMILES string of the molecule is CC(C)COc1cccc(C(=O)C2CCCO2)c1. The van der Waals surface area contributed by atoms with E-state index in [1.165, 1.54) is 0 Å². The molecule has 1 saturated heterocycles. The number of Topliss-reactive ketones (excluding diaryl/α,β-unsaturated/α-hetero) is 1. The summed E-state index contributed by atoms with van der Waals surface area (Å²) in [7, 11) is 0. The van der Waals surface area contributed by atoms with Crippen LogP contribution in [-0.2, 0) is 4.74 Å². The summed E-state index contributed by atoms with van der Waals surface area (Å²) < 4.78 is 11.0. The molecule has 0 N–H and O–H groups in total. The molecule has 0 saturated carbocycles. The predicted molar refractivity (Wildman–Crippen MR) is 70.1 cm³/mol. The summed E-state index contributed by atoms with van der Waals surface area (Å²) in [5.41, 5.74) is 0.683. The topological polar surface area (TPSA) is 35.5 Å². The van der Waals surface area contributed by atoms with Crippen LogP contribution in [0.2, 0.25) is 0 Å². The zero-order chi connectivity index (χ0) is 13.0. The molecule has 1 aromatic rings. The maximum Gasteiger partial charge on any atom is 0.191 e. The van der Waals surface area contributed by atoms with E-state index >= 15 is 0 Å². The van der Waals surface area contributed by atoms with Gasteiger partial charge in [0.15, 0.2) is 5.78 Å². The van der Waals surface area contributed by atoms with E-state index < -0.39 is 0 Å². The Labute approximate surface area is 108 Å². The molecule has 18 heavy (non-hydrogen) atoms. The molecule has 3 nitrogen and oxygen atoms in total. The normalized spacial score (nSPS) is 19.2. The molecule has 1 aliphatic rings. The quantitative estimate of drug-likeness (QED) is 0.751. The van der Waals surface area contributed by atoms with E-state index in [4.69, 9.17) is 9.47 Å². The van der Waals surface area contributed by atoms with Gasteiger partial charge < -0.3 is 9.47 Å². The number of ether oxygens (including phenoxy) is 2. The lowest BCUT2D eigenvalue weighted by atomic mass is 10.0. The smallest absolute Gasteiger partial charge is 0.191 e. The Morgan fingerprint density at radius 1 is 1.50 bits per heavy atom. The first-order valence-electron chi connectivity index (χ1n) is 6.55. The van der Waals surface area contributed by atoms with Crippen LogP contribution < -0.4 is 4.74 Å². The summed E-state index contributed by atoms with van der Waals surface area (Å²) >= 11 is 0. The highest BCUT2D eigenvalue weighted by molar-refractivity contribution is 5.99. The first-order valence-corrected chi connectivity index (χ1v) is 6.55. The van der Waals surface area contributed by atoms with Crippen LogP contribution in [0.15, 0.2) is 24.3 Å². The predicted octanol–water partition coefficient (Wildman–Crippen LogP) is 3.08. The van der Waals surface area contributed by atoms with Gasteiger partial charge in [-0.05, 0) is 30.9 Å². The number of ketones is 1. The zero-order valence-electron chi connectivity index (χ0n) is 11.0. The Hall–Kier alpha value is -1.35. The van der Waals surface area contributed by atoms with Gasteiger partial charge in [-0.1, -0.05) is 26.0 Å². The number of hydrogen-bond acceptors (Lipinski definition) is 3. The molecule has 1 fully saturated rings. The number of rotatable bonds is 5. The minimum absolute atomic E-state index is 0.0718. The van der Waals surface area contributed by atoms with Gasteiger partial charge in [-0.3, -0.25) is 4.79 Å². The molecule has 1 aliphatic heterocycles. The van der Waals surface area contributed by atoms with E-state index in [0.29, 0.717) is 24.7 Å². The summed E-state index contributed by atoms with van der Waals surface area (Å²) in [5, 5.41) is 0. The van der Waals surface area contributed by atoms with E-state index in [1.54, 1.807) is 0 Å². The van der Waals surface area contributed by atoms with Gasteiger partial charge in [0, 0.05) is 12.2 Å². The standard InChI is InChI=1S/C15H20O3/c1-11(2)10-18-13-6-3-5-12(9-13)15(16)14-7-4-8-17-14/h3,5-6,9,11,14H,4,7-8,10H2,1-2H3. The maximum absolute atomic E-state index is 12.2. The lowest BCUT2D eigenvalue weighted by Gasteiger charge is -2.11. The van der Waals surface area contributed by atoms with Gasteiger partial charge in [0.05, 0.1) is 6.61 Å². The molecule has 0 bridgehead atoms. The van der Waals surface area contributed by atoms with Crippen LogP contribution in [0, 0.1) is 5.92 Å². The summed E-state index contributed by atoms with van der Waals surface area (Å²) in [4.78, 5) is 12.2. The highest BCUT2D eigenvalue weighted by atomic mass is 16.5. The average molecular weight is 248 g/mol. The van der Waals surface area contributed by atoms with Gasteiger partial charge >= 0.3 is 0 Å². The van der Waals surface area contributed by atoms with Crippen molar-refractivity contribution in [3.05, 3.63) is 29.8 Å². The fraction of sp³-hybridized carbons (Fsp3) is 0.533. The monoisotopic (exact) mass is 248 g/mol. The summed E-state index contributed by atoms with van der Waals surface area (Å²) in [6.45, 7) is 5.56. The number of benzene rings is 1. The number of carbonyl (C=O) groups excluding carboxylic acids is 1. The summed E-state index contributed by atoms with van der Waals surface area (Å²) in [6.07, 6.45) is 1.54. The van der Waals surface area contributed by atoms with Crippen molar-refractivity contribution in [2.75, 3.05) is 13.2 Å². The molecular weight excluding hydrogens is 228 g/mol. The first kappa shape index (κ1) is 13.1. The third-order valence-electron chi connectivity index (χ3n) is 2.92. The molecule has 1 unspecified atom stereocenters. The van der Waals surface area contributed by atoms with Crippen molar-refractivity contribution in [3.63, 3.8) is 0 Å². The fourth-order valence-corrected chi connectivity index (χ4v) is 1.97. The highest BCUT2D eigenvalue weighted by Crippen LogP contribution is 2.20. The van der Waals surface area contributed by atoms with E-state index in [-0.39, 0.29) is 11.9 Å². The Balaban J connectivity index is 2.04. The summed E-state index contributed by atoms with van der Waals surface area (Å²) in [5.74, 6) is 1.30. The van der Waals surface area contributed by atoms with Gasteiger partial charge in [0.25, 0.3) is 0 Å². The van der Waals surface area contributed by atoms with Gasteiger partial charge in [0.1, 0.15) is 11.9 Å². The third-order valence-corrected chi connectivity index (χ3v) is 2.92. The van der Waals surface area contributed by atoms with Crippen molar-refractivity contribution in [1.29, 1.82) is 0 Å². The molecule has 0 aromatic heterocycles. The fourth-order valence-electron chi connectivity index (χ4n) is 1.97. The molecule has 98 valence electrons. The molecule has 0 aliphatic carbocycles. The van der Waals surface area contributed by atoms with Gasteiger partial charge in [-0.15, -0.1) is 0 Å². The Kier molecular flexibility index (Phi) is 4.37. The lowest BCUT2D eigenvalue weighted by molar-refractivity contribution is 0.0642. The second-order valence-electron chi connectivity index (χ2n) is 5.10. The van der Waals surface area contributed by atoms with E-state index in [9.17, 15) is 4.79 Å². The highest BCUT2D eigenvalue weighted by Gasteiger charge is 2.24. The van der Waals surface area contributed by atoms with E-state index in [0.717, 1.165) is 18.6 Å². The van der Waals surface area contributed by atoms with Crippen LogP contribution >= 0.6 is 0 Å². The second-order valence-corrected chi connectivity index (χ2v) is 5.10. The number of carbonyl (C=O) groups is 1. The van der Waals surface area contributed by atoms with Crippen LogP contribution in [0.3, 0.4) is 0 Å². The molecule has 0 radical (unpaired) electrons. The van der Waals surface area contributed by atoms with Crippen LogP contribution in [0.4, 0.5) is 0 Å². The molecular formula is C15H20O3. The minimum Gasteiger partial charge on any atom is -0.493 e. The van der Waals surface area contributed by atoms with E-state index in [2.05, 4.69) is 13.8 Å². The molecule has 0 spiro atoms. The van der Waals surface area contributed by atoms with Gasteiger partial charge in [0.2, 0.25) is 0 Å². The largest absolute Gasteiger partial charge is 0.493 e. The van der Waals surface area contributed by atoms with Gasteiger partial charge in [-0.2, -0.15) is 0 Å². The van der Waals surface area contributed by atoms with Crippen molar-refractivity contribution in [1.82, 2.24) is 0 Å². The Morgan fingerprint density at radius 2 is 2.33 bits per heavy atom. The molecule has 3 heteroatoms. The lowest BCUT2D eigenvalue weighted by Crippen LogP contribution is -2.19. The molecule has 0 amide bonds. The van der Waals surface area contributed by atoms with Gasteiger partial charge in [-0.25, -0.2) is 0 Å². The molecule has 2 rings (SSSR count). The second kappa shape index (κ2) is 6.01. The van der Waals surface area contributed by atoms with E-state index in [1.807, 2.05) is 24.3 Å². The Morgan fingerprint density at radius 3 is 3.00 bits per heavy atom. The zero-order valence-corrected chi connectivity index (χ0v) is 11.0. The summed E-state index contributed by atoms with van der Waals surface area (Å²) in [6, 6.07) is 7.38. The van der Waals surface area contributed by atoms with Crippen LogP contribution in [0.25, 0.3) is 0 Å². The maximum atomic E-state index is 12.2. The third kappa shape index (κ3) is 3.33. The van der Waals surface area contributed by atoms with Crippen LogP contribution in [0.5, 0.6) is 5.75 Å². The molecule has 1 heterocycles. The minimum atomic E-state index is -0.259. The first-order chi connectivity index (χ1) is 8.66. The number of hydrogen-bond donors (Lipinski definition) is 0. The van der Waals surface area contributed by atoms with Crippen molar-refractivity contribution >= 4 is 5.78 Å². The molecule has 1 atom stereocenters. The van der Waals surface area contributed by atoms with Crippen molar-refractivity contribution in [2.45, 2.75) is 32.8 Å². The Bertz CT molecular complexity index is 406. The van der Waals surface area contributed by atoms with Crippen LogP contribution in [-0.4, -0.2) is 25.1 Å². The van der Waals surface area contributed by atoms with Crippen molar-refractivity contribution in [3.8, 4) is 5.75 Å². The van der Waals surface area contributed by atoms with Crippen molar-refractivity contribution < 1.29 is 14.3 Å².